The van der Waals surface area contributed by atoms with E-state index in [4.69, 9.17) is 0 Å². The van der Waals surface area contributed by atoms with Gasteiger partial charge in [0.05, 0.1) is 32.4 Å². The van der Waals surface area contributed by atoms with Gasteiger partial charge in [-0.15, -0.1) is 0 Å². The van der Waals surface area contributed by atoms with Crippen molar-refractivity contribution in [3.05, 3.63) is 71.8 Å². The molecule has 27 heavy (non-hydrogen) atoms. The monoisotopic (exact) mass is 362 g/mol. The van der Waals surface area contributed by atoms with E-state index in [1.807, 2.05) is 0 Å². The van der Waals surface area contributed by atoms with Crippen LogP contribution in [0.3, 0.4) is 0 Å². The number of quaternary nitrogens is 1. The van der Waals surface area contributed by atoms with E-state index in [1.54, 1.807) is 17.2 Å². The van der Waals surface area contributed by atoms with Gasteiger partial charge in [0.25, 0.3) is 0 Å². The summed E-state index contributed by atoms with van der Waals surface area (Å²) in [7, 11) is 0. The summed E-state index contributed by atoms with van der Waals surface area (Å²) in [5, 5.41) is 28.2. The number of piperazine rings is 1. The molecule has 0 aliphatic carbocycles. The maximum atomic E-state index is 9.56. The van der Waals surface area contributed by atoms with Gasteiger partial charge < -0.3 is 15.1 Å². The minimum atomic E-state index is -0.122. The first kappa shape index (κ1) is 17.4. The Hall–Kier alpha value is -3.05. The summed E-state index contributed by atoms with van der Waals surface area (Å²) in [6.45, 7) is 4.93. The van der Waals surface area contributed by atoms with Crippen molar-refractivity contribution in [2.75, 3.05) is 26.2 Å². The number of hydrogen-bond donors (Lipinski definition) is 3. The van der Waals surface area contributed by atoms with E-state index in [9.17, 15) is 10.2 Å². The van der Waals surface area contributed by atoms with Crippen LogP contribution in [0.5, 0.6) is 11.5 Å². The lowest BCUT2D eigenvalue weighted by molar-refractivity contribution is -0.918. The van der Waals surface area contributed by atoms with Crippen LogP contribution in [0.15, 0.2) is 65.8 Å². The van der Waals surface area contributed by atoms with Crippen LogP contribution in [0.25, 0.3) is 10.8 Å². The zero-order chi connectivity index (χ0) is 18.6. The second-order valence-electron chi connectivity index (χ2n) is 7.01. The van der Waals surface area contributed by atoms with Crippen molar-refractivity contribution in [2.45, 2.75) is 6.54 Å². The Balaban J connectivity index is 1.36. The average Bonchev–Trinajstić information content (AvgIpc) is 2.70. The molecule has 1 aliphatic heterocycles. The van der Waals surface area contributed by atoms with Gasteiger partial charge in [-0.1, -0.05) is 42.5 Å². The van der Waals surface area contributed by atoms with Crippen LogP contribution in [0, 0.1) is 0 Å². The topological polar surface area (TPSA) is 60.5 Å². The first-order valence-corrected chi connectivity index (χ1v) is 9.30. The van der Waals surface area contributed by atoms with Crippen molar-refractivity contribution >= 4 is 17.0 Å². The largest absolute Gasteiger partial charge is 0.504 e. The minimum Gasteiger partial charge on any atom is -0.504 e. The molecule has 138 valence electrons. The molecular weight excluding hydrogens is 338 g/mol. The molecule has 1 aliphatic rings. The number of rotatable bonds is 4. The molecule has 3 aromatic rings. The smallest absolute Gasteiger partial charge is 0.158 e. The van der Waals surface area contributed by atoms with Crippen molar-refractivity contribution in [1.29, 1.82) is 0 Å². The second-order valence-corrected chi connectivity index (χ2v) is 7.01. The molecule has 4 rings (SSSR count). The number of nitrogens with one attached hydrogen (secondary N) is 1. The Labute approximate surface area is 158 Å². The summed E-state index contributed by atoms with van der Waals surface area (Å²) >= 11 is 0. The van der Waals surface area contributed by atoms with Crippen molar-refractivity contribution in [3.8, 4) is 11.5 Å². The summed E-state index contributed by atoms with van der Waals surface area (Å²) < 4.78 is 0. The molecule has 5 nitrogen and oxygen atoms in total. The number of phenols is 2. The fourth-order valence-corrected chi connectivity index (χ4v) is 3.59. The van der Waals surface area contributed by atoms with Crippen molar-refractivity contribution in [1.82, 2.24) is 5.01 Å². The standard InChI is InChI=1S/C22H23N3O2/c26-21-9-8-17(14-22(21)27)15-23-25-12-10-24(11-13-25)16-19-6-3-5-18-4-1-2-7-20(18)19/h1-9,14-15,26-27H,10-13,16H2/p+1/b23-15+. The van der Waals surface area contributed by atoms with Gasteiger partial charge in [0.1, 0.15) is 6.54 Å². The maximum absolute atomic E-state index is 9.56. The van der Waals surface area contributed by atoms with Gasteiger partial charge in [-0.05, 0) is 34.5 Å². The van der Waals surface area contributed by atoms with Crippen LogP contribution in [0.4, 0.5) is 0 Å². The third kappa shape index (κ3) is 4.04. The van der Waals surface area contributed by atoms with E-state index in [1.165, 1.54) is 28.5 Å². The highest BCUT2D eigenvalue weighted by molar-refractivity contribution is 5.85. The molecule has 0 aromatic heterocycles. The molecule has 3 N–H and O–H groups in total. The molecule has 1 saturated heterocycles. The van der Waals surface area contributed by atoms with Gasteiger partial charge in [-0.2, -0.15) is 5.10 Å². The van der Waals surface area contributed by atoms with Crippen LogP contribution in [-0.2, 0) is 6.54 Å². The number of hydrazone groups is 1. The fourth-order valence-electron chi connectivity index (χ4n) is 3.59. The zero-order valence-corrected chi connectivity index (χ0v) is 15.2. The fraction of sp³-hybridized carbons (Fsp3) is 0.227. The Morgan fingerprint density at radius 2 is 1.70 bits per heavy atom. The van der Waals surface area contributed by atoms with Crippen LogP contribution in [0.1, 0.15) is 11.1 Å². The number of nitrogens with zero attached hydrogens (tertiary/aromatic N) is 2. The van der Waals surface area contributed by atoms with Crippen LogP contribution in [-0.4, -0.2) is 47.6 Å². The predicted molar refractivity (Wildman–Crippen MR) is 107 cm³/mol. The van der Waals surface area contributed by atoms with Crippen molar-refractivity contribution in [3.63, 3.8) is 0 Å². The average molecular weight is 362 g/mol. The first-order valence-electron chi connectivity index (χ1n) is 9.30. The van der Waals surface area contributed by atoms with Crippen molar-refractivity contribution in [2.24, 2.45) is 5.10 Å². The second kappa shape index (κ2) is 7.68. The van der Waals surface area contributed by atoms with E-state index in [0.29, 0.717) is 0 Å². The highest BCUT2D eigenvalue weighted by atomic mass is 16.3. The normalized spacial score (nSPS) is 15.6. The van der Waals surface area contributed by atoms with Gasteiger partial charge in [-0.3, -0.25) is 5.01 Å². The molecule has 0 amide bonds. The maximum Gasteiger partial charge on any atom is 0.158 e. The number of benzene rings is 3. The molecule has 0 radical (unpaired) electrons. The minimum absolute atomic E-state index is 0.113. The molecular formula is C22H24N3O2+. The number of hydrogen-bond acceptors (Lipinski definition) is 4. The van der Waals surface area contributed by atoms with E-state index < -0.39 is 0 Å². The number of fused-ring (bicyclic) bond motifs is 1. The summed E-state index contributed by atoms with van der Waals surface area (Å²) in [5.41, 5.74) is 2.18. The summed E-state index contributed by atoms with van der Waals surface area (Å²) in [5.74, 6) is -0.235. The summed E-state index contributed by atoms with van der Waals surface area (Å²) in [6, 6.07) is 19.8. The molecule has 0 saturated carbocycles. The van der Waals surface area contributed by atoms with Crippen molar-refractivity contribution < 1.29 is 15.1 Å². The molecule has 1 heterocycles. The van der Waals surface area contributed by atoms with E-state index in [2.05, 4.69) is 52.6 Å². The van der Waals surface area contributed by atoms with Crippen LogP contribution >= 0.6 is 0 Å². The number of phenolic OH excluding ortho intramolecular Hbond substituents is 2. The van der Waals surface area contributed by atoms with E-state index in [0.717, 1.165) is 38.3 Å². The Bertz CT molecular complexity index is 957. The summed E-state index contributed by atoms with van der Waals surface area (Å²) in [6.07, 6.45) is 1.73. The zero-order valence-electron chi connectivity index (χ0n) is 15.2. The quantitative estimate of drug-likeness (QED) is 0.491. The molecule has 5 heteroatoms. The molecule has 0 unspecified atom stereocenters. The molecule has 0 bridgehead atoms. The highest BCUT2D eigenvalue weighted by Gasteiger charge is 2.19. The predicted octanol–water partition coefficient (Wildman–Crippen LogP) is 1.99. The lowest BCUT2D eigenvalue weighted by Crippen LogP contribution is -3.13. The van der Waals surface area contributed by atoms with E-state index in [-0.39, 0.29) is 11.5 Å². The molecule has 0 spiro atoms. The molecule has 1 fully saturated rings. The SMILES string of the molecule is Oc1ccc(/C=N/N2CC[NH+](Cc3cccc4ccccc34)CC2)cc1O. The molecule has 0 atom stereocenters. The lowest BCUT2D eigenvalue weighted by atomic mass is 10.0. The Kier molecular flexibility index (Phi) is 4.94. The Morgan fingerprint density at radius 3 is 2.52 bits per heavy atom. The Morgan fingerprint density at radius 1 is 0.926 bits per heavy atom. The van der Waals surface area contributed by atoms with Gasteiger partial charge in [0.15, 0.2) is 11.5 Å². The van der Waals surface area contributed by atoms with Crippen LogP contribution in [0.2, 0.25) is 0 Å². The lowest BCUT2D eigenvalue weighted by Gasteiger charge is -2.30. The first-order chi connectivity index (χ1) is 13.2. The third-order valence-electron chi connectivity index (χ3n) is 5.14. The molecule has 3 aromatic carbocycles. The summed E-state index contributed by atoms with van der Waals surface area (Å²) in [4.78, 5) is 1.57. The van der Waals surface area contributed by atoms with Gasteiger partial charge in [0.2, 0.25) is 0 Å². The van der Waals surface area contributed by atoms with Crippen LogP contribution < -0.4 is 4.90 Å². The number of aromatic hydroxyl groups is 2. The van der Waals surface area contributed by atoms with Gasteiger partial charge >= 0.3 is 0 Å². The van der Waals surface area contributed by atoms with E-state index >= 15 is 0 Å². The third-order valence-corrected chi connectivity index (χ3v) is 5.14. The van der Waals surface area contributed by atoms with Gasteiger partial charge in [-0.25, -0.2) is 0 Å². The van der Waals surface area contributed by atoms with Gasteiger partial charge in [0, 0.05) is 5.56 Å². The highest BCUT2D eigenvalue weighted by Crippen LogP contribution is 2.24.